The Morgan fingerprint density at radius 2 is 1.79 bits per heavy atom. The van der Waals surface area contributed by atoms with Gasteiger partial charge in [0.25, 0.3) is 0 Å². The Morgan fingerprint density at radius 1 is 1.11 bits per heavy atom. The predicted molar refractivity (Wildman–Crippen MR) is 101 cm³/mol. The molecule has 0 saturated carbocycles. The first-order valence-electron chi connectivity index (χ1n) is 8.52. The molecule has 0 radical (unpaired) electrons. The minimum absolute atomic E-state index is 0.205. The first-order valence-corrected chi connectivity index (χ1v) is 8.52. The van der Waals surface area contributed by atoms with Gasteiger partial charge in [-0.25, -0.2) is 4.79 Å². The summed E-state index contributed by atoms with van der Waals surface area (Å²) >= 11 is 0. The Bertz CT molecular complexity index is 1170. The van der Waals surface area contributed by atoms with Crippen molar-refractivity contribution in [1.29, 1.82) is 10.7 Å². The lowest BCUT2D eigenvalue weighted by Gasteiger charge is -2.30. The van der Waals surface area contributed by atoms with Crippen molar-refractivity contribution in [2.75, 3.05) is 14.2 Å². The second-order valence-corrected chi connectivity index (χ2v) is 6.33. The third-order valence-corrected chi connectivity index (χ3v) is 4.81. The normalized spacial score (nSPS) is 18.1. The summed E-state index contributed by atoms with van der Waals surface area (Å²) < 4.78 is 21.8. The van der Waals surface area contributed by atoms with Crippen molar-refractivity contribution in [2.45, 2.75) is 5.92 Å². The van der Waals surface area contributed by atoms with Gasteiger partial charge in [0.15, 0.2) is 5.75 Å². The lowest BCUT2D eigenvalue weighted by molar-refractivity contribution is 0.390. The number of nitrogens with zero attached hydrogens (tertiary/aromatic N) is 1. The van der Waals surface area contributed by atoms with Crippen LogP contribution in [0.3, 0.4) is 0 Å². The van der Waals surface area contributed by atoms with E-state index < -0.39 is 17.5 Å². The fourth-order valence-corrected chi connectivity index (χ4v) is 3.51. The van der Waals surface area contributed by atoms with E-state index in [9.17, 15) is 10.1 Å². The molecule has 1 aromatic heterocycles. The molecule has 0 bridgehead atoms. The van der Waals surface area contributed by atoms with Gasteiger partial charge in [0.05, 0.1) is 31.2 Å². The maximum absolute atomic E-state index is 12.8. The van der Waals surface area contributed by atoms with Gasteiger partial charge in [-0.3, -0.25) is 5.41 Å². The van der Waals surface area contributed by atoms with Crippen LogP contribution >= 0.6 is 0 Å². The van der Waals surface area contributed by atoms with Crippen LogP contribution < -0.4 is 19.8 Å². The molecule has 140 valence electrons. The fraction of sp³-hybridized carbons (Fsp3) is 0.190. The number of hydrogen-bond donors (Lipinski definition) is 1. The molecule has 3 aromatic rings. The molecule has 0 fully saturated rings. The highest BCUT2D eigenvalue weighted by Crippen LogP contribution is 2.44. The second-order valence-electron chi connectivity index (χ2n) is 6.33. The molecule has 2 unspecified atom stereocenters. The summed E-state index contributed by atoms with van der Waals surface area (Å²) in [7, 11) is 3.03. The quantitative estimate of drug-likeness (QED) is 0.702. The van der Waals surface area contributed by atoms with Crippen LogP contribution in [0.1, 0.15) is 17.0 Å². The smallest absolute Gasteiger partial charge is 0.343 e. The summed E-state index contributed by atoms with van der Waals surface area (Å²) in [5, 5.41) is 18.5. The van der Waals surface area contributed by atoms with E-state index in [0.717, 1.165) is 0 Å². The molecular formula is C21H16N2O5. The van der Waals surface area contributed by atoms with Crippen molar-refractivity contribution >= 4 is 16.9 Å². The molecule has 2 heterocycles. The van der Waals surface area contributed by atoms with E-state index >= 15 is 0 Å². The van der Waals surface area contributed by atoms with Gasteiger partial charge >= 0.3 is 5.63 Å². The summed E-state index contributed by atoms with van der Waals surface area (Å²) in [6.45, 7) is 0. The molecular weight excluding hydrogens is 360 g/mol. The van der Waals surface area contributed by atoms with E-state index in [2.05, 4.69) is 6.07 Å². The minimum atomic E-state index is -0.992. The highest BCUT2D eigenvalue weighted by molar-refractivity contribution is 5.93. The van der Waals surface area contributed by atoms with Crippen molar-refractivity contribution in [1.82, 2.24) is 0 Å². The first-order chi connectivity index (χ1) is 13.6. The van der Waals surface area contributed by atoms with Gasteiger partial charge in [-0.15, -0.1) is 0 Å². The average molecular weight is 376 g/mol. The highest BCUT2D eigenvalue weighted by Gasteiger charge is 2.41. The first kappa shape index (κ1) is 17.6. The Labute approximate surface area is 160 Å². The average Bonchev–Trinajstić information content (AvgIpc) is 2.72. The van der Waals surface area contributed by atoms with E-state index in [4.69, 9.17) is 24.0 Å². The van der Waals surface area contributed by atoms with Crippen LogP contribution in [0.25, 0.3) is 11.0 Å². The molecule has 1 aliphatic heterocycles. The number of nitrogens with one attached hydrogen (secondary N) is 1. The third kappa shape index (κ3) is 2.67. The van der Waals surface area contributed by atoms with Crippen LogP contribution in [0.5, 0.6) is 17.2 Å². The highest BCUT2D eigenvalue weighted by atomic mass is 16.5. The molecule has 0 amide bonds. The van der Waals surface area contributed by atoms with Crippen molar-refractivity contribution in [3.63, 3.8) is 0 Å². The number of ether oxygens (including phenoxy) is 3. The number of methoxy groups -OCH3 is 2. The van der Waals surface area contributed by atoms with Gasteiger partial charge in [-0.1, -0.05) is 12.1 Å². The zero-order valence-corrected chi connectivity index (χ0v) is 15.2. The SMILES string of the molecule is COc1cc(OC)cc(C2c3c(c4ccccc4oc3=O)OC(=N)C2C#N)c1. The standard InChI is InChI=1S/C21H16N2O5/c1-25-12-7-11(8-13(9-12)26-2)17-15(10-22)20(23)28-19-14-5-3-4-6-16(14)27-21(24)18(17)19/h3-9,15,17,23H,1-2H3. The summed E-state index contributed by atoms with van der Waals surface area (Å²) in [5.41, 5.74) is 0.556. The predicted octanol–water partition coefficient (Wildman–Crippen LogP) is 3.45. The molecule has 1 N–H and O–H groups in total. The van der Waals surface area contributed by atoms with Gasteiger partial charge in [0.1, 0.15) is 23.0 Å². The maximum atomic E-state index is 12.8. The fourth-order valence-electron chi connectivity index (χ4n) is 3.51. The Hall–Kier alpha value is -3.79. The number of fused-ring (bicyclic) bond motifs is 3. The molecule has 7 heteroatoms. The minimum Gasteiger partial charge on any atom is -0.497 e. The number of rotatable bonds is 3. The molecule has 0 spiro atoms. The molecule has 7 nitrogen and oxygen atoms in total. The van der Waals surface area contributed by atoms with Crippen LogP contribution in [0, 0.1) is 22.7 Å². The third-order valence-electron chi connectivity index (χ3n) is 4.81. The number of nitriles is 1. The van der Waals surface area contributed by atoms with Crippen LogP contribution in [0.4, 0.5) is 0 Å². The number of benzene rings is 2. The summed E-state index contributed by atoms with van der Waals surface area (Å²) in [4.78, 5) is 12.8. The number of hydrogen-bond acceptors (Lipinski definition) is 7. The van der Waals surface area contributed by atoms with E-state index in [1.807, 2.05) is 0 Å². The van der Waals surface area contributed by atoms with Crippen molar-refractivity contribution < 1.29 is 18.6 Å². The van der Waals surface area contributed by atoms with Gasteiger partial charge in [-0.05, 0) is 29.8 Å². The van der Waals surface area contributed by atoms with Crippen LogP contribution in [0.15, 0.2) is 51.7 Å². The second kappa shape index (κ2) is 6.74. The molecule has 2 atom stereocenters. The van der Waals surface area contributed by atoms with Gasteiger partial charge in [-0.2, -0.15) is 5.26 Å². The molecule has 2 aromatic carbocycles. The lowest BCUT2D eigenvalue weighted by Crippen LogP contribution is -2.34. The summed E-state index contributed by atoms with van der Waals surface area (Å²) in [6.07, 6.45) is 0. The number of para-hydroxylation sites is 1. The largest absolute Gasteiger partial charge is 0.497 e. The van der Waals surface area contributed by atoms with Gasteiger partial charge < -0.3 is 18.6 Å². The van der Waals surface area contributed by atoms with Gasteiger partial charge in [0, 0.05) is 12.0 Å². The monoisotopic (exact) mass is 376 g/mol. The lowest BCUT2D eigenvalue weighted by atomic mass is 9.79. The zero-order valence-electron chi connectivity index (χ0n) is 15.2. The maximum Gasteiger partial charge on any atom is 0.343 e. The summed E-state index contributed by atoms with van der Waals surface area (Å²) in [6, 6.07) is 14.1. The summed E-state index contributed by atoms with van der Waals surface area (Å²) in [5.74, 6) is -0.710. The van der Waals surface area contributed by atoms with E-state index in [-0.39, 0.29) is 17.2 Å². The van der Waals surface area contributed by atoms with Crippen LogP contribution in [0.2, 0.25) is 0 Å². The molecule has 0 aliphatic carbocycles. The van der Waals surface area contributed by atoms with Crippen molar-refractivity contribution in [3.8, 4) is 23.3 Å². The Morgan fingerprint density at radius 3 is 2.43 bits per heavy atom. The van der Waals surface area contributed by atoms with Crippen molar-refractivity contribution in [3.05, 3.63) is 64.0 Å². The zero-order chi connectivity index (χ0) is 19.8. The molecule has 1 aliphatic rings. The van der Waals surface area contributed by atoms with Gasteiger partial charge in [0.2, 0.25) is 5.90 Å². The molecule has 4 rings (SSSR count). The van der Waals surface area contributed by atoms with E-state index in [1.165, 1.54) is 14.2 Å². The molecule has 0 saturated heterocycles. The van der Waals surface area contributed by atoms with E-state index in [0.29, 0.717) is 28.0 Å². The topological polar surface area (TPSA) is 106 Å². The van der Waals surface area contributed by atoms with E-state index in [1.54, 1.807) is 42.5 Å². The Kier molecular flexibility index (Phi) is 4.24. The van der Waals surface area contributed by atoms with Crippen LogP contribution in [-0.2, 0) is 0 Å². The Balaban J connectivity index is 2.05. The van der Waals surface area contributed by atoms with Crippen molar-refractivity contribution in [2.24, 2.45) is 5.92 Å². The molecule has 28 heavy (non-hydrogen) atoms. The van der Waals surface area contributed by atoms with Crippen LogP contribution in [-0.4, -0.2) is 20.1 Å².